The van der Waals surface area contributed by atoms with Crippen LogP contribution in [0.1, 0.15) is 30.0 Å². The lowest BCUT2D eigenvalue weighted by Gasteiger charge is -2.15. The first-order chi connectivity index (χ1) is 13.7. The number of carbonyl (C=O) groups is 2. The first-order valence-corrected chi connectivity index (χ1v) is 10.9. The van der Waals surface area contributed by atoms with Crippen LogP contribution in [0.25, 0.3) is 0 Å². The molecule has 0 saturated heterocycles. The maximum Gasteiger partial charge on any atom is 0.240 e. The first kappa shape index (κ1) is 21.0. The van der Waals surface area contributed by atoms with Gasteiger partial charge in [0.2, 0.25) is 21.8 Å². The third kappa shape index (κ3) is 4.83. The van der Waals surface area contributed by atoms with Crippen LogP contribution >= 0.6 is 0 Å². The van der Waals surface area contributed by atoms with Crippen molar-refractivity contribution < 1.29 is 18.0 Å². The van der Waals surface area contributed by atoms with Crippen LogP contribution in [0.3, 0.4) is 0 Å². The van der Waals surface area contributed by atoms with Gasteiger partial charge in [-0.05, 0) is 67.3 Å². The van der Waals surface area contributed by atoms with Gasteiger partial charge in [0.05, 0.1) is 4.90 Å². The van der Waals surface area contributed by atoms with Gasteiger partial charge in [0.25, 0.3) is 0 Å². The number of carbonyl (C=O) groups excluding carboxylic acids is 2. The standard InChI is InChI=1S/C21H25N3O4S/c1-14-4-6-19(12-15(14)2)29(27,28)22-10-8-21(26)23-18-5-7-20-17(13-18)9-11-24(20)16(3)25/h4-7,12-13,22H,8-11H2,1-3H3,(H,23,26). The van der Waals surface area contributed by atoms with E-state index in [1.54, 1.807) is 29.2 Å². The van der Waals surface area contributed by atoms with E-state index in [0.717, 1.165) is 28.8 Å². The smallest absolute Gasteiger partial charge is 0.240 e. The molecule has 2 N–H and O–H groups in total. The fourth-order valence-corrected chi connectivity index (χ4v) is 4.41. The van der Waals surface area contributed by atoms with E-state index in [0.29, 0.717) is 12.2 Å². The van der Waals surface area contributed by atoms with Gasteiger partial charge in [0.15, 0.2) is 0 Å². The number of rotatable bonds is 6. The van der Waals surface area contributed by atoms with Crippen molar-refractivity contribution in [2.75, 3.05) is 23.3 Å². The van der Waals surface area contributed by atoms with Gasteiger partial charge < -0.3 is 10.2 Å². The first-order valence-electron chi connectivity index (χ1n) is 9.45. The summed E-state index contributed by atoms with van der Waals surface area (Å²) in [4.78, 5) is 25.7. The van der Waals surface area contributed by atoms with E-state index >= 15 is 0 Å². The Hall–Kier alpha value is -2.71. The highest BCUT2D eigenvalue weighted by atomic mass is 32.2. The predicted molar refractivity (Wildman–Crippen MR) is 113 cm³/mol. The molecule has 1 aliphatic heterocycles. The molecule has 1 aliphatic rings. The Balaban J connectivity index is 1.55. The van der Waals surface area contributed by atoms with E-state index in [2.05, 4.69) is 10.0 Å². The van der Waals surface area contributed by atoms with Gasteiger partial charge in [-0.3, -0.25) is 9.59 Å². The average Bonchev–Trinajstić information content (AvgIpc) is 3.07. The molecule has 0 unspecified atom stereocenters. The molecular formula is C21H25N3O4S. The van der Waals surface area contributed by atoms with E-state index in [4.69, 9.17) is 0 Å². The van der Waals surface area contributed by atoms with Crippen molar-refractivity contribution in [3.05, 3.63) is 53.1 Å². The third-order valence-corrected chi connectivity index (χ3v) is 6.53. The summed E-state index contributed by atoms with van der Waals surface area (Å²) in [6, 6.07) is 10.4. The highest BCUT2D eigenvalue weighted by molar-refractivity contribution is 7.89. The summed E-state index contributed by atoms with van der Waals surface area (Å²) >= 11 is 0. The molecule has 2 amide bonds. The summed E-state index contributed by atoms with van der Waals surface area (Å²) in [5, 5.41) is 2.78. The fourth-order valence-electron chi connectivity index (χ4n) is 3.29. The molecule has 0 atom stereocenters. The maximum atomic E-state index is 12.4. The number of anilines is 2. The van der Waals surface area contributed by atoms with Gasteiger partial charge >= 0.3 is 0 Å². The summed E-state index contributed by atoms with van der Waals surface area (Å²) in [6.45, 7) is 5.95. The van der Waals surface area contributed by atoms with E-state index < -0.39 is 10.0 Å². The normalized spacial score (nSPS) is 13.3. The van der Waals surface area contributed by atoms with E-state index in [1.807, 2.05) is 26.0 Å². The minimum Gasteiger partial charge on any atom is -0.326 e. The molecular weight excluding hydrogens is 390 g/mol. The lowest BCUT2D eigenvalue weighted by atomic mass is 10.1. The second-order valence-electron chi connectivity index (χ2n) is 7.21. The summed E-state index contributed by atoms with van der Waals surface area (Å²) in [6.07, 6.45) is 0.759. The number of nitrogens with zero attached hydrogens (tertiary/aromatic N) is 1. The van der Waals surface area contributed by atoms with E-state index in [-0.39, 0.29) is 29.7 Å². The molecule has 1 heterocycles. The fraction of sp³-hybridized carbons (Fsp3) is 0.333. The molecule has 2 aromatic rings. The number of aryl methyl sites for hydroxylation is 2. The number of hydrogen-bond acceptors (Lipinski definition) is 4. The molecule has 0 saturated carbocycles. The SMILES string of the molecule is CC(=O)N1CCc2cc(NC(=O)CCNS(=O)(=O)c3ccc(C)c(C)c3)ccc21. The molecule has 154 valence electrons. The Morgan fingerprint density at radius 3 is 2.52 bits per heavy atom. The molecule has 0 spiro atoms. The molecule has 0 radical (unpaired) electrons. The summed E-state index contributed by atoms with van der Waals surface area (Å²) < 4.78 is 27.2. The summed E-state index contributed by atoms with van der Waals surface area (Å²) in [7, 11) is -3.66. The van der Waals surface area contributed by atoms with Gasteiger partial charge in [-0.15, -0.1) is 0 Å². The summed E-state index contributed by atoms with van der Waals surface area (Å²) in [5.41, 5.74) is 4.43. The van der Waals surface area contributed by atoms with Crippen LogP contribution in [-0.4, -0.2) is 33.3 Å². The van der Waals surface area contributed by atoms with Crippen molar-refractivity contribution in [2.24, 2.45) is 0 Å². The zero-order chi connectivity index (χ0) is 21.2. The van der Waals surface area contributed by atoms with Crippen molar-refractivity contribution in [3.8, 4) is 0 Å². The van der Waals surface area contributed by atoms with Crippen LogP contribution in [-0.2, 0) is 26.0 Å². The number of amides is 2. The number of fused-ring (bicyclic) bond motifs is 1. The molecule has 0 aromatic heterocycles. The maximum absolute atomic E-state index is 12.4. The number of hydrogen-bond donors (Lipinski definition) is 2. The molecule has 29 heavy (non-hydrogen) atoms. The van der Waals surface area contributed by atoms with E-state index in [9.17, 15) is 18.0 Å². The van der Waals surface area contributed by atoms with Crippen LogP contribution in [0.4, 0.5) is 11.4 Å². The van der Waals surface area contributed by atoms with Gasteiger partial charge in [-0.2, -0.15) is 0 Å². The van der Waals surface area contributed by atoms with Crippen molar-refractivity contribution in [1.29, 1.82) is 0 Å². The zero-order valence-corrected chi connectivity index (χ0v) is 17.6. The number of sulfonamides is 1. The molecule has 0 fully saturated rings. The Bertz CT molecular complexity index is 1060. The predicted octanol–water partition coefficient (Wildman–Crippen LogP) is 2.52. The zero-order valence-electron chi connectivity index (χ0n) is 16.8. The Kier molecular flexibility index (Phi) is 6.04. The van der Waals surface area contributed by atoms with Crippen LogP contribution in [0.5, 0.6) is 0 Å². The number of nitrogens with one attached hydrogen (secondary N) is 2. The molecule has 3 rings (SSSR count). The van der Waals surface area contributed by atoms with Crippen LogP contribution in [0, 0.1) is 13.8 Å². The van der Waals surface area contributed by atoms with Crippen molar-refractivity contribution >= 4 is 33.2 Å². The highest BCUT2D eigenvalue weighted by Gasteiger charge is 2.22. The van der Waals surface area contributed by atoms with Crippen molar-refractivity contribution in [2.45, 2.75) is 38.5 Å². The highest BCUT2D eigenvalue weighted by Crippen LogP contribution is 2.30. The average molecular weight is 416 g/mol. The molecule has 8 heteroatoms. The largest absolute Gasteiger partial charge is 0.326 e. The second kappa shape index (κ2) is 8.34. The van der Waals surface area contributed by atoms with Gasteiger partial charge in [-0.1, -0.05) is 6.07 Å². The van der Waals surface area contributed by atoms with Crippen LogP contribution < -0.4 is 14.9 Å². The Labute approximate surface area is 171 Å². The van der Waals surface area contributed by atoms with Gasteiger partial charge in [0, 0.05) is 37.8 Å². The lowest BCUT2D eigenvalue weighted by molar-refractivity contribution is -0.117. The quantitative estimate of drug-likeness (QED) is 0.758. The second-order valence-corrected chi connectivity index (χ2v) is 8.97. The Morgan fingerprint density at radius 1 is 1.07 bits per heavy atom. The van der Waals surface area contributed by atoms with Crippen molar-refractivity contribution in [3.63, 3.8) is 0 Å². The van der Waals surface area contributed by atoms with E-state index in [1.165, 1.54) is 6.92 Å². The molecule has 7 nitrogen and oxygen atoms in total. The molecule has 2 aromatic carbocycles. The topological polar surface area (TPSA) is 95.6 Å². The van der Waals surface area contributed by atoms with Gasteiger partial charge in [0.1, 0.15) is 0 Å². The summed E-state index contributed by atoms with van der Waals surface area (Å²) in [5.74, 6) is -0.286. The third-order valence-electron chi connectivity index (χ3n) is 5.07. The van der Waals surface area contributed by atoms with Crippen molar-refractivity contribution in [1.82, 2.24) is 4.72 Å². The van der Waals surface area contributed by atoms with Crippen LogP contribution in [0.2, 0.25) is 0 Å². The molecule has 0 aliphatic carbocycles. The minimum absolute atomic E-state index is 0.00316. The Morgan fingerprint density at radius 2 is 1.83 bits per heavy atom. The lowest BCUT2D eigenvalue weighted by Crippen LogP contribution is -2.28. The minimum atomic E-state index is -3.66. The molecule has 0 bridgehead atoms. The van der Waals surface area contributed by atoms with Crippen LogP contribution in [0.15, 0.2) is 41.3 Å². The van der Waals surface area contributed by atoms with Gasteiger partial charge in [-0.25, -0.2) is 13.1 Å². The number of benzene rings is 2. The monoisotopic (exact) mass is 415 g/mol.